The molecule has 10 heteroatoms. The summed E-state index contributed by atoms with van der Waals surface area (Å²) in [6.45, 7) is 2.61. The van der Waals surface area contributed by atoms with Crippen LogP contribution in [0, 0.1) is 21.4 Å². The van der Waals surface area contributed by atoms with Crippen molar-refractivity contribution in [1.82, 2.24) is 15.0 Å². The first kappa shape index (κ1) is 17.0. The van der Waals surface area contributed by atoms with Gasteiger partial charge in [0.25, 0.3) is 0 Å². The number of pyridine rings is 1. The van der Waals surface area contributed by atoms with Gasteiger partial charge < -0.3 is 15.1 Å². The zero-order valence-corrected chi connectivity index (χ0v) is 14.6. The summed E-state index contributed by atoms with van der Waals surface area (Å²) in [6, 6.07) is 5.93. The second kappa shape index (κ2) is 7.03. The third-order valence-corrected chi connectivity index (χ3v) is 4.64. The number of piperazine rings is 1. The van der Waals surface area contributed by atoms with Crippen molar-refractivity contribution in [3.05, 3.63) is 40.2 Å². The van der Waals surface area contributed by atoms with E-state index in [-0.39, 0.29) is 17.5 Å². The minimum Gasteiger partial charge on any atom is -0.361 e. The second-order valence-corrected chi connectivity index (χ2v) is 6.54. The van der Waals surface area contributed by atoms with Gasteiger partial charge in [-0.25, -0.2) is 9.97 Å². The van der Waals surface area contributed by atoms with E-state index < -0.39 is 4.92 Å². The molecule has 0 aromatic carbocycles. The highest BCUT2D eigenvalue weighted by molar-refractivity contribution is 5.59. The molecule has 0 spiro atoms. The molecular formula is C17H18N8O2. The molecule has 1 saturated heterocycles. The summed E-state index contributed by atoms with van der Waals surface area (Å²) in [6.07, 6.45) is 4.95. The molecule has 1 N–H and O–H groups in total. The fraction of sp³-hybridized carbons (Fsp3) is 0.412. The van der Waals surface area contributed by atoms with Crippen molar-refractivity contribution in [2.45, 2.75) is 18.9 Å². The van der Waals surface area contributed by atoms with Crippen molar-refractivity contribution >= 4 is 23.3 Å². The number of nitriles is 1. The molecule has 10 nitrogen and oxygen atoms in total. The molecule has 0 amide bonds. The second-order valence-electron chi connectivity index (χ2n) is 6.54. The van der Waals surface area contributed by atoms with Gasteiger partial charge in [0, 0.05) is 38.4 Å². The van der Waals surface area contributed by atoms with E-state index in [1.54, 1.807) is 18.3 Å². The van der Waals surface area contributed by atoms with Crippen molar-refractivity contribution in [1.29, 1.82) is 5.26 Å². The third-order valence-electron chi connectivity index (χ3n) is 4.64. The monoisotopic (exact) mass is 366 g/mol. The van der Waals surface area contributed by atoms with Crippen LogP contribution in [0.3, 0.4) is 0 Å². The quantitative estimate of drug-likeness (QED) is 0.620. The first-order chi connectivity index (χ1) is 13.2. The lowest BCUT2D eigenvalue weighted by molar-refractivity contribution is -0.384. The number of nitro groups is 1. The first-order valence-electron chi connectivity index (χ1n) is 8.78. The number of rotatable bonds is 5. The molecule has 0 bridgehead atoms. The lowest BCUT2D eigenvalue weighted by Crippen LogP contribution is -2.47. The molecule has 2 aromatic rings. The van der Waals surface area contributed by atoms with Crippen LogP contribution < -0.4 is 15.1 Å². The van der Waals surface area contributed by atoms with E-state index in [4.69, 9.17) is 0 Å². The van der Waals surface area contributed by atoms with Gasteiger partial charge in [-0.3, -0.25) is 10.1 Å². The summed E-state index contributed by atoms with van der Waals surface area (Å²) in [5.74, 6) is 1.44. The standard InChI is InChI=1S/C17H18N8O2/c18-10-12-2-1-5-19-16(12)23-6-8-24(9-7-23)17-20-11-14(25(26)27)15(22-17)21-13-3-4-13/h1-2,5,11,13H,3-4,6-9H2,(H,20,21,22). The van der Waals surface area contributed by atoms with E-state index in [2.05, 4.69) is 31.2 Å². The minimum absolute atomic E-state index is 0.101. The number of aromatic nitrogens is 3. The van der Waals surface area contributed by atoms with Gasteiger partial charge in [0.05, 0.1) is 10.5 Å². The van der Waals surface area contributed by atoms with Gasteiger partial charge in [-0.2, -0.15) is 10.2 Å². The molecule has 2 aromatic heterocycles. The lowest BCUT2D eigenvalue weighted by atomic mass is 10.2. The summed E-state index contributed by atoms with van der Waals surface area (Å²) in [5, 5.41) is 23.6. The molecule has 3 heterocycles. The van der Waals surface area contributed by atoms with Crippen LogP contribution in [0.15, 0.2) is 24.5 Å². The largest absolute Gasteiger partial charge is 0.361 e. The summed E-state index contributed by atoms with van der Waals surface area (Å²) in [7, 11) is 0. The van der Waals surface area contributed by atoms with Crippen LogP contribution in [-0.4, -0.2) is 52.1 Å². The Morgan fingerprint density at radius 2 is 1.96 bits per heavy atom. The van der Waals surface area contributed by atoms with Crippen LogP contribution in [0.5, 0.6) is 0 Å². The van der Waals surface area contributed by atoms with Gasteiger partial charge in [-0.1, -0.05) is 0 Å². The van der Waals surface area contributed by atoms with Gasteiger partial charge >= 0.3 is 5.69 Å². The SMILES string of the molecule is N#Cc1cccnc1N1CCN(c2ncc([N+](=O)[O-])c(NC3CC3)n2)CC1. The van der Waals surface area contributed by atoms with Crippen molar-refractivity contribution in [3.8, 4) is 6.07 Å². The van der Waals surface area contributed by atoms with Gasteiger partial charge in [-0.05, 0) is 25.0 Å². The number of hydrogen-bond donors (Lipinski definition) is 1. The van der Waals surface area contributed by atoms with Gasteiger partial charge in [0.1, 0.15) is 18.1 Å². The van der Waals surface area contributed by atoms with E-state index in [0.717, 1.165) is 12.8 Å². The highest BCUT2D eigenvalue weighted by atomic mass is 16.6. The fourth-order valence-electron chi connectivity index (χ4n) is 3.03. The van der Waals surface area contributed by atoms with E-state index in [9.17, 15) is 15.4 Å². The first-order valence-corrected chi connectivity index (χ1v) is 8.78. The fourth-order valence-corrected chi connectivity index (χ4v) is 3.03. The molecule has 27 heavy (non-hydrogen) atoms. The van der Waals surface area contributed by atoms with Gasteiger partial charge in [-0.15, -0.1) is 0 Å². The van der Waals surface area contributed by atoms with Crippen LogP contribution in [0.4, 0.5) is 23.3 Å². The Morgan fingerprint density at radius 3 is 2.63 bits per heavy atom. The van der Waals surface area contributed by atoms with Crippen LogP contribution >= 0.6 is 0 Å². The van der Waals surface area contributed by atoms with E-state index >= 15 is 0 Å². The number of nitrogens with zero attached hydrogens (tertiary/aromatic N) is 7. The maximum absolute atomic E-state index is 11.2. The Morgan fingerprint density at radius 1 is 1.22 bits per heavy atom. The molecule has 1 aliphatic heterocycles. The Balaban J connectivity index is 1.49. The molecule has 0 radical (unpaired) electrons. The van der Waals surface area contributed by atoms with Crippen molar-refractivity contribution < 1.29 is 4.92 Å². The maximum Gasteiger partial charge on any atom is 0.329 e. The summed E-state index contributed by atoms with van der Waals surface area (Å²) in [4.78, 5) is 27.7. The van der Waals surface area contributed by atoms with Gasteiger partial charge in [0.2, 0.25) is 11.8 Å². The molecule has 4 rings (SSSR count). The molecule has 2 aliphatic rings. The minimum atomic E-state index is -0.461. The van der Waals surface area contributed by atoms with Crippen LogP contribution in [0.25, 0.3) is 0 Å². The zero-order chi connectivity index (χ0) is 18.8. The molecule has 1 aliphatic carbocycles. The van der Waals surface area contributed by atoms with Crippen LogP contribution in [0.1, 0.15) is 18.4 Å². The number of nitrogens with one attached hydrogen (secondary N) is 1. The molecule has 138 valence electrons. The predicted octanol–water partition coefficient (Wildman–Crippen LogP) is 1.55. The Hall–Kier alpha value is -3.48. The van der Waals surface area contributed by atoms with Gasteiger partial charge in [0.15, 0.2) is 0 Å². The molecule has 0 atom stereocenters. The third kappa shape index (κ3) is 3.57. The average Bonchev–Trinajstić information content (AvgIpc) is 3.52. The van der Waals surface area contributed by atoms with E-state index in [1.807, 2.05) is 4.90 Å². The Kier molecular flexibility index (Phi) is 4.42. The average molecular weight is 366 g/mol. The smallest absolute Gasteiger partial charge is 0.329 e. The summed E-state index contributed by atoms with van der Waals surface area (Å²) < 4.78 is 0. The highest BCUT2D eigenvalue weighted by Crippen LogP contribution is 2.30. The molecule has 1 saturated carbocycles. The molecular weight excluding hydrogens is 348 g/mol. The van der Waals surface area contributed by atoms with E-state index in [1.165, 1.54) is 6.20 Å². The topological polar surface area (TPSA) is 124 Å². The number of anilines is 3. The lowest BCUT2D eigenvalue weighted by Gasteiger charge is -2.35. The van der Waals surface area contributed by atoms with Crippen molar-refractivity contribution in [3.63, 3.8) is 0 Å². The highest BCUT2D eigenvalue weighted by Gasteiger charge is 2.28. The predicted molar refractivity (Wildman–Crippen MR) is 98.7 cm³/mol. The molecule has 2 fully saturated rings. The Bertz CT molecular complexity index is 900. The van der Waals surface area contributed by atoms with E-state index in [0.29, 0.717) is 43.5 Å². The normalized spacial score (nSPS) is 16.7. The van der Waals surface area contributed by atoms with Crippen LogP contribution in [0.2, 0.25) is 0 Å². The maximum atomic E-state index is 11.2. The van der Waals surface area contributed by atoms with Crippen molar-refractivity contribution in [2.75, 3.05) is 41.3 Å². The zero-order valence-electron chi connectivity index (χ0n) is 14.6. The number of hydrogen-bond acceptors (Lipinski definition) is 9. The summed E-state index contributed by atoms with van der Waals surface area (Å²) in [5.41, 5.74) is 0.449. The molecule has 0 unspecified atom stereocenters. The summed E-state index contributed by atoms with van der Waals surface area (Å²) >= 11 is 0. The Labute approximate surface area is 155 Å². The van der Waals surface area contributed by atoms with Crippen molar-refractivity contribution in [2.24, 2.45) is 0 Å². The van der Waals surface area contributed by atoms with Crippen LogP contribution in [-0.2, 0) is 0 Å².